The summed E-state index contributed by atoms with van der Waals surface area (Å²) in [6.45, 7) is 6.02. The number of hydrogen-bond acceptors (Lipinski definition) is 2. The van der Waals surface area contributed by atoms with Crippen LogP contribution in [0.1, 0.15) is 13.3 Å². The molecule has 0 unspecified atom stereocenters. The Kier molecular flexibility index (Phi) is 1.50. The molecule has 0 bridgehead atoms. The number of fused-ring (bicyclic) bond motifs is 1. The van der Waals surface area contributed by atoms with Crippen LogP contribution in [0.4, 0.5) is 0 Å². The molecule has 0 aliphatic carbocycles. The summed E-state index contributed by atoms with van der Waals surface area (Å²) in [5.41, 5.74) is -0.455. The molecule has 1 aliphatic rings. The summed E-state index contributed by atoms with van der Waals surface area (Å²) in [5.74, 6) is 0. The van der Waals surface area contributed by atoms with Crippen LogP contribution in [0.5, 0.6) is 0 Å². The van der Waals surface area contributed by atoms with Crippen molar-refractivity contribution in [1.29, 1.82) is 0 Å². The summed E-state index contributed by atoms with van der Waals surface area (Å²) >= 11 is 0. The van der Waals surface area contributed by atoms with Crippen molar-refractivity contribution in [3.8, 4) is 0 Å². The van der Waals surface area contributed by atoms with Gasteiger partial charge in [-0.3, -0.25) is 9.98 Å². The number of hydrogen-bond donors (Lipinski definition) is 0. The van der Waals surface area contributed by atoms with Gasteiger partial charge in [0, 0.05) is 0 Å². The van der Waals surface area contributed by atoms with E-state index in [0.717, 1.165) is 17.1 Å². The standard InChI is InChI=1S/C10H11N2/c1-3-10(2)11-8-6-4-5-7-9(8)12-10/h4-7H,2-3H2,1H3. The lowest BCUT2D eigenvalue weighted by atomic mass is 10.2. The normalized spacial score (nSPS) is 17.8. The van der Waals surface area contributed by atoms with Crippen LogP contribution in [0.15, 0.2) is 34.3 Å². The van der Waals surface area contributed by atoms with Gasteiger partial charge < -0.3 is 0 Å². The number of para-hydroxylation sites is 2. The molecular weight excluding hydrogens is 148 g/mol. The summed E-state index contributed by atoms with van der Waals surface area (Å²) < 4.78 is 0. The van der Waals surface area contributed by atoms with Gasteiger partial charge in [0.15, 0.2) is 5.66 Å². The topological polar surface area (TPSA) is 24.7 Å². The SMILES string of the molecule is [CH2]C1(CC)N=c2ccccc2=N1. The highest BCUT2D eigenvalue weighted by Crippen LogP contribution is 2.15. The minimum Gasteiger partial charge on any atom is -0.253 e. The summed E-state index contributed by atoms with van der Waals surface area (Å²) in [4.78, 5) is 8.85. The lowest BCUT2D eigenvalue weighted by molar-refractivity contribution is 0.532. The smallest absolute Gasteiger partial charge is 0.151 e. The van der Waals surface area contributed by atoms with E-state index in [1.54, 1.807) is 0 Å². The van der Waals surface area contributed by atoms with Crippen molar-refractivity contribution >= 4 is 0 Å². The highest BCUT2D eigenvalue weighted by molar-refractivity contribution is 5.08. The second-order valence-corrected chi connectivity index (χ2v) is 3.05. The summed E-state index contributed by atoms with van der Waals surface area (Å²) in [7, 11) is 0. The minimum atomic E-state index is -0.455. The first kappa shape index (κ1) is 7.47. The average Bonchev–Trinajstić information content (AvgIpc) is 2.42. The largest absolute Gasteiger partial charge is 0.253 e. The van der Waals surface area contributed by atoms with Gasteiger partial charge in [0.05, 0.1) is 10.7 Å². The lowest BCUT2D eigenvalue weighted by Gasteiger charge is -2.12. The van der Waals surface area contributed by atoms with E-state index >= 15 is 0 Å². The van der Waals surface area contributed by atoms with Crippen molar-refractivity contribution in [1.82, 2.24) is 0 Å². The molecule has 2 nitrogen and oxygen atoms in total. The monoisotopic (exact) mass is 159 g/mol. The molecule has 2 rings (SSSR count). The van der Waals surface area contributed by atoms with Crippen LogP contribution in [0.2, 0.25) is 0 Å². The Bertz CT molecular complexity index is 371. The first-order valence-corrected chi connectivity index (χ1v) is 4.14. The van der Waals surface area contributed by atoms with Gasteiger partial charge >= 0.3 is 0 Å². The minimum absolute atomic E-state index is 0.455. The Labute approximate surface area is 71.7 Å². The van der Waals surface area contributed by atoms with E-state index in [1.165, 1.54) is 0 Å². The third kappa shape index (κ3) is 1.04. The van der Waals surface area contributed by atoms with E-state index in [-0.39, 0.29) is 0 Å². The van der Waals surface area contributed by atoms with Gasteiger partial charge in [-0.25, -0.2) is 0 Å². The van der Waals surface area contributed by atoms with E-state index in [0.29, 0.717) is 0 Å². The summed E-state index contributed by atoms with van der Waals surface area (Å²) in [6, 6.07) is 7.89. The fourth-order valence-corrected chi connectivity index (χ4v) is 1.28. The van der Waals surface area contributed by atoms with Crippen LogP contribution in [0.25, 0.3) is 0 Å². The molecular formula is C10H11N2. The molecule has 0 N–H and O–H groups in total. The van der Waals surface area contributed by atoms with Crippen LogP contribution in [0.3, 0.4) is 0 Å². The third-order valence-electron chi connectivity index (χ3n) is 2.11. The molecule has 1 aromatic rings. The van der Waals surface area contributed by atoms with E-state index in [2.05, 4.69) is 16.9 Å². The van der Waals surface area contributed by atoms with E-state index in [4.69, 9.17) is 0 Å². The average molecular weight is 159 g/mol. The molecule has 0 aromatic heterocycles. The Morgan fingerprint density at radius 1 is 1.25 bits per heavy atom. The van der Waals surface area contributed by atoms with E-state index in [9.17, 15) is 0 Å². The Morgan fingerprint density at radius 3 is 2.17 bits per heavy atom. The maximum Gasteiger partial charge on any atom is 0.151 e. The zero-order valence-corrected chi connectivity index (χ0v) is 7.12. The van der Waals surface area contributed by atoms with Gasteiger partial charge in [0.25, 0.3) is 0 Å². The molecule has 1 radical (unpaired) electrons. The van der Waals surface area contributed by atoms with Crippen LogP contribution in [-0.4, -0.2) is 5.66 Å². The van der Waals surface area contributed by atoms with Crippen LogP contribution in [-0.2, 0) is 0 Å². The lowest BCUT2D eigenvalue weighted by Crippen LogP contribution is -2.19. The number of rotatable bonds is 1. The summed E-state index contributed by atoms with van der Waals surface area (Å²) in [6.07, 6.45) is 0.849. The highest BCUT2D eigenvalue weighted by Gasteiger charge is 2.21. The van der Waals surface area contributed by atoms with Crippen molar-refractivity contribution in [2.45, 2.75) is 19.0 Å². The molecule has 0 atom stereocenters. The van der Waals surface area contributed by atoms with E-state index in [1.807, 2.05) is 31.2 Å². The molecule has 2 heteroatoms. The molecule has 61 valence electrons. The number of benzene rings is 1. The highest BCUT2D eigenvalue weighted by atomic mass is 15.1. The first-order valence-electron chi connectivity index (χ1n) is 4.14. The van der Waals surface area contributed by atoms with Gasteiger partial charge in [-0.15, -0.1) is 0 Å². The van der Waals surface area contributed by atoms with Crippen molar-refractivity contribution in [3.63, 3.8) is 0 Å². The van der Waals surface area contributed by atoms with Gasteiger partial charge in [-0.05, 0) is 25.5 Å². The van der Waals surface area contributed by atoms with Crippen LogP contribution in [0, 0.1) is 6.92 Å². The quantitative estimate of drug-likeness (QED) is 0.581. The summed E-state index contributed by atoms with van der Waals surface area (Å²) in [5, 5.41) is 1.93. The second-order valence-electron chi connectivity index (χ2n) is 3.05. The van der Waals surface area contributed by atoms with Gasteiger partial charge in [-0.1, -0.05) is 19.1 Å². The van der Waals surface area contributed by atoms with Crippen molar-refractivity contribution in [2.75, 3.05) is 0 Å². The van der Waals surface area contributed by atoms with Crippen LogP contribution >= 0.6 is 0 Å². The molecule has 0 amide bonds. The first-order chi connectivity index (χ1) is 5.73. The molecule has 0 saturated carbocycles. The van der Waals surface area contributed by atoms with Crippen molar-refractivity contribution in [2.24, 2.45) is 9.98 Å². The van der Waals surface area contributed by atoms with Gasteiger partial charge in [0.1, 0.15) is 0 Å². The Morgan fingerprint density at radius 2 is 1.75 bits per heavy atom. The van der Waals surface area contributed by atoms with Gasteiger partial charge in [0.2, 0.25) is 0 Å². The molecule has 1 aliphatic heterocycles. The molecule has 1 aromatic carbocycles. The predicted molar refractivity (Wildman–Crippen MR) is 47.1 cm³/mol. The maximum atomic E-state index is 4.42. The third-order valence-corrected chi connectivity index (χ3v) is 2.11. The van der Waals surface area contributed by atoms with Crippen LogP contribution < -0.4 is 10.7 Å². The predicted octanol–water partition coefficient (Wildman–Crippen LogP) is 0.880. The molecule has 0 saturated heterocycles. The molecule has 0 spiro atoms. The van der Waals surface area contributed by atoms with Crippen molar-refractivity contribution in [3.05, 3.63) is 41.9 Å². The maximum absolute atomic E-state index is 4.42. The molecule has 12 heavy (non-hydrogen) atoms. The van der Waals surface area contributed by atoms with Crippen molar-refractivity contribution < 1.29 is 0 Å². The second kappa shape index (κ2) is 2.41. The zero-order valence-electron chi connectivity index (χ0n) is 7.12. The molecule has 1 heterocycles. The van der Waals surface area contributed by atoms with E-state index < -0.39 is 5.66 Å². The fourth-order valence-electron chi connectivity index (χ4n) is 1.28. The Balaban J connectivity index is 2.68. The van der Waals surface area contributed by atoms with Gasteiger partial charge in [-0.2, -0.15) is 0 Å². The Hall–Kier alpha value is -1.18. The fraction of sp³-hybridized carbons (Fsp3) is 0.300. The zero-order chi connectivity index (χ0) is 8.60. The molecule has 0 fully saturated rings. The number of nitrogens with zero attached hydrogens (tertiary/aromatic N) is 2.